The third-order valence-electron chi connectivity index (χ3n) is 3.15. The van der Waals surface area contributed by atoms with Crippen molar-refractivity contribution in [3.05, 3.63) is 12.2 Å². The van der Waals surface area contributed by atoms with E-state index in [1.165, 1.54) is 0 Å². The second kappa shape index (κ2) is 7.19. The normalized spacial score (nSPS) is 22.9. The summed E-state index contributed by atoms with van der Waals surface area (Å²) in [7, 11) is 0. The maximum atomic E-state index is 11.9. The summed E-state index contributed by atoms with van der Waals surface area (Å²) in [5.74, 6) is -1.35. The van der Waals surface area contributed by atoms with Gasteiger partial charge in [-0.1, -0.05) is 19.1 Å². The van der Waals surface area contributed by atoms with Gasteiger partial charge in [-0.3, -0.25) is 9.59 Å². The number of carbonyl (C=O) groups excluding carboxylic acids is 2. The number of esters is 2. The van der Waals surface area contributed by atoms with Gasteiger partial charge < -0.3 is 9.47 Å². The molecule has 0 saturated heterocycles. The van der Waals surface area contributed by atoms with Gasteiger partial charge in [0.15, 0.2) is 5.92 Å². The molecule has 0 aromatic rings. The third-order valence-corrected chi connectivity index (χ3v) is 3.15. The van der Waals surface area contributed by atoms with Crippen molar-refractivity contribution in [2.45, 2.75) is 33.6 Å². The Morgan fingerprint density at radius 1 is 1.11 bits per heavy atom. The maximum Gasteiger partial charge on any atom is 0.320 e. The van der Waals surface area contributed by atoms with E-state index in [1.54, 1.807) is 13.8 Å². The predicted octanol–water partition coefficient (Wildman–Crippen LogP) is 2.33. The number of hydrogen-bond acceptors (Lipinski definition) is 4. The van der Waals surface area contributed by atoms with Gasteiger partial charge in [-0.15, -0.1) is 0 Å². The molecule has 0 aromatic carbocycles. The van der Waals surface area contributed by atoms with E-state index in [2.05, 4.69) is 13.0 Å². The molecule has 4 nitrogen and oxygen atoms in total. The van der Waals surface area contributed by atoms with E-state index in [-0.39, 0.29) is 19.1 Å². The number of rotatable bonds is 5. The van der Waals surface area contributed by atoms with Crippen LogP contribution in [0, 0.1) is 17.8 Å². The zero-order valence-corrected chi connectivity index (χ0v) is 11.3. The predicted molar refractivity (Wildman–Crippen MR) is 67.8 cm³/mol. The lowest BCUT2D eigenvalue weighted by molar-refractivity contribution is -0.163. The standard InChI is InChI=1S/C14H22O4/c1-4-17-13(15)12(14(16)18-5-2)11-8-6-10(3)7-9-11/h6,8,10-12H,4-5,7,9H2,1-3H3/t10-,11-/m1/s1. The molecule has 1 aliphatic carbocycles. The van der Waals surface area contributed by atoms with Gasteiger partial charge in [0.05, 0.1) is 13.2 Å². The molecule has 4 heteroatoms. The Morgan fingerprint density at radius 3 is 2.06 bits per heavy atom. The minimum absolute atomic E-state index is 0.0979. The van der Waals surface area contributed by atoms with E-state index in [9.17, 15) is 9.59 Å². The Morgan fingerprint density at radius 2 is 1.67 bits per heavy atom. The zero-order valence-electron chi connectivity index (χ0n) is 11.3. The van der Waals surface area contributed by atoms with Gasteiger partial charge in [0.2, 0.25) is 0 Å². The minimum Gasteiger partial charge on any atom is -0.465 e. The van der Waals surface area contributed by atoms with Crippen LogP contribution in [0.4, 0.5) is 0 Å². The van der Waals surface area contributed by atoms with Crippen LogP contribution in [-0.4, -0.2) is 25.2 Å². The van der Waals surface area contributed by atoms with Crippen LogP contribution in [0.25, 0.3) is 0 Å². The first-order chi connectivity index (χ1) is 8.60. The van der Waals surface area contributed by atoms with Crippen molar-refractivity contribution < 1.29 is 19.1 Å². The van der Waals surface area contributed by atoms with Crippen LogP contribution >= 0.6 is 0 Å². The van der Waals surface area contributed by atoms with Crippen molar-refractivity contribution in [1.29, 1.82) is 0 Å². The molecule has 2 atom stereocenters. The van der Waals surface area contributed by atoms with Crippen molar-refractivity contribution in [3.8, 4) is 0 Å². The van der Waals surface area contributed by atoms with Gasteiger partial charge in [-0.25, -0.2) is 0 Å². The van der Waals surface area contributed by atoms with Crippen LogP contribution in [-0.2, 0) is 19.1 Å². The molecule has 0 aliphatic heterocycles. The summed E-state index contributed by atoms with van der Waals surface area (Å²) in [5, 5.41) is 0. The highest BCUT2D eigenvalue weighted by Gasteiger charge is 2.37. The van der Waals surface area contributed by atoms with E-state index in [0.29, 0.717) is 5.92 Å². The van der Waals surface area contributed by atoms with Gasteiger partial charge >= 0.3 is 11.9 Å². The van der Waals surface area contributed by atoms with Crippen molar-refractivity contribution in [1.82, 2.24) is 0 Å². The molecular weight excluding hydrogens is 232 g/mol. The molecule has 18 heavy (non-hydrogen) atoms. The molecule has 0 N–H and O–H groups in total. The molecule has 0 amide bonds. The second-order valence-electron chi connectivity index (χ2n) is 4.59. The highest BCUT2D eigenvalue weighted by atomic mass is 16.6. The fourth-order valence-corrected chi connectivity index (χ4v) is 2.17. The molecule has 0 radical (unpaired) electrons. The van der Waals surface area contributed by atoms with Crippen LogP contribution in [0.5, 0.6) is 0 Å². The average molecular weight is 254 g/mol. The topological polar surface area (TPSA) is 52.6 Å². The summed E-state index contributed by atoms with van der Waals surface area (Å²) in [6, 6.07) is 0. The fraction of sp³-hybridized carbons (Fsp3) is 0.714. The molecule has 0 saturated carbocycles. The molecule has 1 rings (SSSR count). The van der Waals surface area contributed by atoms with E-state index >= 15 is 0 Å². The Kier molecular flexibility index (Phi) is 5.89. The zero-order chi connectivity index (χ0) is 13.5. The fourth-order valence-electron chi connectivity index (χ4n) is 2.17. The van der Waals surface area contributed by atoms with Crippen LogP contribution in [0.15, 0.2) is 12.2 Å². The quantitative estimate of drug-likeness (QED) is 0.429. The molecule has 1 aliphatic rings. The van der Waals surface area contributed by atoms with Gasteiger partial charge in [0.25, 0.3) is 0 Å². The molecule has 0 heterocycles. The number of ether oxygens (including phenoxy) is 2. The summed E-state index contributed by atoms with van der Waals surface area (Å²) in [5.41, 5.74) is 0. The summed E-state index contributed by atoms with van der Waals surface area (Å²) >= 11 is 0. The number of carbonyl (C=O) groups is 2. The summed E-state index contributed by atoms with van der Waals surface area (Å²) in [4.78, 5) is 23.8. The lowest BCUT2D eigenvalue weighted by Gasteiger charge is -2.25. The van der Waals surface area contributed by atoms with Crippen LogP contribution in [0.2, 0.25) is 0 Å². The highest BCUT2D eigenvalue weighted by Crippen LogP contribution is 2.29. The Bertz CT molecular complexity index is 304. The highest BCUT2D eigenvalue weighted by molar-refractivity contribution is 5.95. The van der Waals surface area contributed by atoms with Crippen LogP contribution in [0.1, 0.15) is 33.6 Å². The second-order valence-corrected chi connectivity index (χ2v) is 4.59. The molecule has 0 unspecified atom stereocenters. The van der Waals surface area contributed by atoms with Gasteiger partial charge in [-0.05, 0) is 32.6 Å². The van der Waals surface area contributed by atoms with Crippen molar-refractivity contribution >= 4 is 11.9 Å². The van der Waals surface area contributed by atoms with E-state index in [1.807, 2.05) is 6.08 Å². The van der Waals surface area contributed by atoms with E-state index < -0.39 is 17.9 Å². The number of hydrogen-bond donors (Lipinski definition) is 0. The summed E-state index contributed by atoms with van der Waals surface area (Å²) in [6.07, 6.45) is 5.81. The van der Waals surface area contributed by atoms with Crippen molar-refractivity contribution in [3.63, 3.8) is 0 Å². The smallest absolute Gasteiger partial charge is 0.320 e. The SMILES string of the molecule is CCOC(=O)C(C(=O)OCC)[C@@H]1C=C[C@@H](C)CC1. The van der Waals surface area contributed by atoms with Crippen LogP contribution in [0.3, 0.4) is 0 Å². The summed E-state index contributed by atoms with van der Waals surface area (Å²) < 4.78 is 9.96. The monoisotopic (exact) mass is 254 g/mol. The van der Waals surface area contributed by atoms with Crippen molar-refractivity contribution in [2.24, 2.45) is 17.8 Å². The maximum absolute atomic E-state index is 11.9. The lowest BCUT2D eigenvalue weighted by Crippen LogP contribution is -2.34. The lowest BCUT2D eigenvalue weighted by atomic mass is 9.81. The van der Waals surface area contributed by atoms with Gasteiger partial charge in [0, 0.05) is 5.92 Å². The molecule has 102 valence electrons. The molecule has 0 bridgehead atoms. The Balaban J connectivity index is 2.79. The average Bonchev–Trinajstić information content (AvgIpc) is 2.33. The number of allylic oxidation sites excluding steroid dienone is 2. The molecule has 0 spiro atoms. The Hall–Kier alpha value is -1.32. The minimum atomic E-state index is -0.811. The van der Waals surface area contributed by atoms with Crippen molar-refractivity contribution in [2.75, 3.05) is 13.2 Å². The van der Waals surface area contributed by atoms with Gasteiger partial charge in [-0.2, -0.15) is 0 Å². The molecule has 0 fully saturated rings. The van der Waals surface area contributed by atoms with Gasteiger partial charge in [0.1, 0.15) is 0 Å². The summed E-state index contributed by atoms with van der Waals surface area (Å²) in [6.45, 7) is 6.15. The molecular formula is C14H22O4. The first-order valence-electron chi connectivity index (χ1n) is 6.61. The van der Waals surface area contributed by atoms with Crippen LogP contribution < -0.4 is 0 Å². The van der Waals surface area contributed by atoms with E-state index in [0.717, 1.165) is 12.8 Å². The third kappa shape index (κ3) is 3.86. The van der Waals surface area contributed by atoms with E-state index in [4.69, 9.17) is 9.47 Å². The first-order valence-corrected chi connectivity index (χ1v) is 6.61. The Labute approximate surface area is 108 Å². The molecule has 0 aromatic heterocycles. The largest absolute Gasteiger partial charge is 0.465 e. The first kappa shape index (κ1) is 14.7.